The topological polar surface area (TPSA) is 73.2 Å². The molecule has 1 N–H and O–H groups in total. The van der Waals surface area contributed by atoms with Crippen LogP contribution in [0.3, 0.4) is 0 Å². The highest BCUT2D eigenvalue weighted by atomic mass is 16.2. The van der Waals surface area contributed by atoms with Crippen molar-refractivity contribution < 1.29 is 9.59 Å². The van der Waals surface area contributed by atoms with Gasteiger partial charge in [-0.25, -0.2) is 0 Å². The third-order valence-corrected chi connectivity index (χ3v) is 2.88. The van der Waals surface area contributed by atoms with Crippen molar-refractivity contribution >= 4 is 11.8 Å². The van der Waals surface area contributed by atoms with Gasteiger partial charge in [-0.05, 0) is 31.5 Å². The molecule has 106 valence electrons. The number of amides is 2. The molecule has 0 spiro atoms. The number of benzene rings is 1. The van der Waals surface area contributed by atoms with E-state index in [1.165, 1.54) is 4.90 Å². The van der Waals surface area contributed by atoms with E-state index in [2.05, 4.69) is 5.32 Å². The molecule has 0 saturated carbocycles. The second-order valence-corrected chi connectivity index (χ2v) is 4.35. The van der Waals surface area contributed by atoms with E-state index in [0.717, 1.165) is 5.56 Å². The summed E-state index contributed by atoms with van der Waals surface area (Å²) in [6.07, 6.45) is 0.235. The average molecular weight is 273 g/mol. The van der Waals surface area contributed by atoms with Gasteiger partial charge < -0.3 is 10.2 Å². The van der Waals surface area contributed by atoms with Gasteiger partial charge in [0.25, 0.3) is 0 Å². The van der Waals surface area contributed by atoms with E-state index in [9.17, 15) is 9.59 Å². The first-order valence-corrected chi connectivity index (χ1v) is 6.64. The molecule has 5 heteroatoms. The monoisotopic (exact) mass is 273 g/mol. The number of nitriles is 1. The molecule has 0 aliphatic heterocycles. The fourth-order valence-electron chi connectivity index (χ4n) is 1.79. The number of likely N-dealkylation sites (N-methyl/N-ethyl adjacent to an activating group) is 2. The molecule has 2 amide bonds. The summed E-state index contributed by atoms with van der Waals surface area (Å²) in [5.74, 6) is -0.244. The Morgan fingerprint density at radius 3 is 2.40 bits per heavy atom. The lowest BCUT2D eigenvalue weighted by atomic mass is 10.1. The van der Waals surface area contributed by atoms with Gasteiger partial charge in [-0.3, -0.25) is 9.59 Å². The van der Waals surface area contributed by atoms with E-state index in [4.69, 9.17) is 5.26 Å². The zero-order chi connectivity index (χ0) is 15.0. The number of carbonyl (C=O) groups is 2. The number of hydrogen-bond donors (Lipinski definition) is 1. The molecule has 0 aliphatic carbocycles. The standard InChI is InChI=1S/C15H19N3O2/c1-3-17-14(19)11-18(4-2)15(20)9-12-5-7-13(10-16)8-6-12/h5-8H,3-4,9,11H2,1-2H3,(H,17,19). The van der Waals surface area contributed by atoms with E-state index >= 15 is 0 Å². The maximum atomic E-state index is 12.1. The van der Waals surface area contributed by atoms with Crippen LogP contribution >= 0.6 is 0 Å². The second-order valence-electron chi connectivity index (χ2n) is 4.35. The molecule has 0 atom stereocenters. The normalized spacial score (nSPS) is 9.65. The van der Waals surface area contributed by atoms with E-state index < -0.39 is 0 Å². The molecule has 1 rings (SSSR count). The highest BCUT2D eigenvalue weighted by Crippen LogP contribution is 2.06. The van der Waals surface area contributed by atoms with Crippen LogP contribution in [-0.2, 0) is 16.0 Å². The van der Waals surface area contributed by atoms with Crippen LogP contribution in [0.2, 0.25) is 0 Å². The van der Waals surface area contributed by atoms with Gasteiger partial charge in [0, 0.05) is 13.1 Å². The minimum absolute atomic E-state index is 0.0828. The van der Waals surface area contributed by atoms with Gasteiger partial charge in [-0.1, -0.05) is 12.1 Å². The zero-order valence-electron chi connectivity index (χ0n) is 11.8. The van der Waals surface area contributed by atoms with Crippen molar-refractivity contribution in [2.24, 2.45) is 0 Å². The Bertz CT molecular complexity index is 503. The summed E-state index contributed by atoms with van der Waals surface area (Å²) >= 11 is 0. The fourth-order valence-corrected chi connectivity index (χ4v) is 1.79. The second kappa shape index (κ2) is 7.95. The Hall–Kier alpha value is -2.35. The maximum Gasteiger partial charge on any atom is 0.239 e. The summed E-state index contributed by atoms with van der Waals surface area (Å²) in [5.41, 5.74) is 1.40. The van der Waals surface area contributed by atoms with Crippen molar-refractivity contribution in [1.29, 1.82) is 5.26 Å². The summed E-state index contributed by atoms with van der Waals surface area (Å²) in [6, 6.07) is 8.92. The molecule has 0 fully saturated rings. The largest absolute Gasteiger partial charge is 0.355 e. The minimum atomic E-state index is -0.150. The van der Waals surface area contributed by atoms with E-state index in [-0.39, 0.29) is 24.8 Å². The summed E-state index contributed by atoms with van der Waals surface area (Å²) in [6.45, 7) is 4.81. The van der Waals surface area contributed by atoms with Gasteiger partial charge in [0.15, 0.2) is 0 Å². The molecule has 0 radical (unpaired) electrons. The van der Waals surface area contributed by atoms with Crippen LogP contribution in [-0.4, -0.2) is 36.3 Å². The smallest absolute Gasteiger partial charge is 0.239 e. The third-order valence-electron chi connectivity index (χ3n) is 2.88. The first kappa shape index (κ1) is 15.7. The van der Waals surface area contributed by atoms with Crippen molar-refractivity contribution in [1.82, 2.24) is 10.2 Å². The number of carbonyl (C=O) groups excluding carboxylic acids is 2. The van der Waals surface area contributed by atoms with E-state index in [1.54, 1.807) is 24.3 Å². The number of rotatable bonds is 6. The van der Waals surface area contributed by atoms with Crippen molar-refractivity contribution in [3.8, 4) is 6.07 Å². The number of hydrogen-bond acceptors (Lipinski definition) is 3. The Balaban J connectivity index is 2.62. The van der Waals surface area contributed by atoms with Crippen molar-refractivity contribution in [3.63, 3.8) is 0 Å². The minimum Gasteiger partial charge on any atom is -0.355 e. The number of nitrogens with one attached hydrogen (secondary N) is 1. The van der Waals surface area contributed by atoms with Gasteiger partial charge in [-0.2, -0.15) is 5.26 Å². The zero-order valence-corrected chi connectivity index (χ0v) is 11.8. The summed E-state index contributed by atoms with van der Waals surface area (Å²) < 4.78 is 0. The molecular weight excluding hydrogens is 254 g/mol. The first-order valence-electron chi connectivity index (χ1n) is 6.64. The molecule has 5 nitrogen and oxygen atoms in total. The fraction of sp³-hybridized carbons (Fsp3) is 0.400. The van der Waals surface area contributed by atoms with Gasteiger partial charge in [0.1, 0.15) is 0 Å². The lowest BCUT2D eigenvalue weighted by molar-refractivity contribution is -0.135. The molecule has 0 bridgehead atoms. The summed E-state index contributed by atoms with van der Waals surface area (Å²) in [7, 11) is 0. The predicted molar refractivity (Wildman–Crippen MR) is 75.8 cm³/mol. The third kappa shape index (κ3) is 4.73. The van der Waals surface area contributed by atoms with Crippen LogP contribution in [0.25, 0.3) is 0 Å². The lowest BCUT2D eigenvalue weighted by Gasteiger charge is -2.20. The van der Waals surface area contributed by atoms with Gasteiger partial charge in [0.2, 0.25) is 11.8 Å². The van der Waals surface area contributed by atoms with Crippen LogP contribution < -0.4 is 5.32 Å². The van der Waals surface area contributed by atoms with Gasteiger partial charge in [-0.15, -0.1) is 0 Å². The van der Waals surface area contributed by atoms with Crippen LogP contribution in [0.5, 0.6) is 0 Å². The highest BCUT2D eigenvalue weighted by Gasteiger charge is 2.15. The molecular formula is C15H19N3O2. The summed E-state index contributed by atoms with van der Waals surface area (Å²) in [5, 5.41) is 11.4. The van der Waals surface area contributed by atoms with Gasteiger partial charge in [0.05, 0.1) is 24.6 Å². The van der Waals surface area contributed by atoms with Gasteiger partial charge >= 0.3 is 0 Å². The average Bonchev–Trinajstić information content (AvgIpc) is 2.45. The summed E-state index contributed by atoms with van der Waals surface area (Å²) in [4.78, 5) is 25.1. The van der Waals surface area contributed by atoms with Crippen molar-refractivity contribution in [3.05, 3.63) is 35.4 Å². The van der Waals surface area contributed by atoms with Crippen LogP contribution in [0, 0.1) is 11.3 Å². The molecule has 0 saturated heterocycles. The SMILES string of the molecule is CCNC(=O)CN(CC)C(=O)Cc1ccc(C#N)cc1. The van der Waals surface area contributed by atoms with E-state index in [1.807, 2.05) is 19.9 Å². The highest BCUT2D eigenvalue weighted by molar-refractivity contribution is 5.85. The Labute approximate surface area is 119 Å². The van der Waals surface area contributed by atoms with Crippen LogP contribution in [0.1, 0.15) is 25.0 Å². The Morgan fingerprint density at radius 2 is 1.90 bits per heavy atom. The molecule has 20 heavy (non-hydrogen) atoms. The van der Waals surface area contributed by atoms with Crippen molar-refractivity contribution in [2.45, 2.75) is 20.3 Å². The van der Waals surface area contributed by atoms with E-state index in [0.29, 0.717) is 18.7 Å². The Kier molecular flexibility index (Phi) is 6.24. The number of nitrogens with zero attached hydrogens (tertiary/aromatic N) is 2. The molecule has 0 aromatic heterocycles. The predicted octanol–water partition coefficient (Wildman–Crippen LogP) is 1.09. The molecule has 1 aromatic carbocycles. The Morgan fingerprint density at radius 1 is 1.25 bits per heavy atom. The maximum absolute atomic E-state index is 12.1. The molecule has 0 aliphatic rings. The first-order chi connectivity index (χ1) is 9.60. The van der Waals surface area contributed by atoms with Crippen LogP contribution in [0.15, 0.2) is 24.3 Å². The van der Waals surface area contributed by atoms with Crippen LogP contribution in [0.4, 0.5) is 0 Å². The molecule has 1 aromatic rings. The quantitative estimate of drug-likeness (QED) is 0.843. The van der Waals surface area contributed by atoms with Crippen molar-refractivity contribution in [2.75, 3.05) is 19.6 Å². The molecule has 0 unspecified atom stereocenters. The molecule has 0 heterocycles. The lowest BCUT2D eigenvalue weighted by Crippen LogP contribution is -2.41.